The molecule has 0 spiro atoms. The van der Waals surface area contributed by atoms with Crippen molar-refractivity contribution in [2.24, 2.45) is 0 Å². The van der Waals surface area contributed by atoms with Crippen molar-refractivity contribution >= 4 is 5.91 Å². The summed E-state index contributed by atoms with van der Waals surface area (Å²) < 4.78 is 0. The zero-order valence-corrected chi connectivity index (χ0v) is 8.03. The van der Waals surface area contributed by atoms with Gasteiger partial charge in [0, 0.05) is 32.3 Å². The number of rotatable bonds is 0. The van der Waals surface area contributed by atoms with Crippen molar-refractivity contribution in [3.05, 3.63) is 23.4 Å². The Morgan fingerprint density at radius 1 is 1.57 bits per heavy atom. The van der Waals surface area contributed by atoms with Gasteiger partial charge in [-0.1, -0.05) is 0 Å². The molecule has 1 aliphatic heterocycles. The predicted octanol–water partition coefficient (Wildman–Crippen LogP) is 0.692. The number of nitrogens with zero attached hydrogens (tertiary/aromatic N) is 2. The van der Waals surface area contributed by atoms with Crippen LogP contribution in [0.2, 0.25) is 0 Å². The maximum absolute atomic E-state index is 11.1. The van der Waals surface area contributed by atoms with Gasteiger partial charge < -0.3 is 10.0 Å². The van der Waals surface area contributed by atoms with E-state index in [0.717, 1.165) is 24.1 Å². The highest BCUT2D eigenvalue weighted by atomic mass is 16.3. The van der Waals surface area contributed by atoms with E-state index in [-0.39, 0.29) is 11.8 Å². The van der Waals surface area contributed by atoms with E-state index in [2.05, 4.69) is 4.98 Å². The Hall–Kier alpha value is -1.58. The van der Waals surface area contributed by atoms with Gasteiger partial charge in [0.15, 0.2) is 0 Å². The van der Waals surface area contributed by atoms with Crippen molar-refractivity contribution in [1.82, 2.24) is 9.88 Å². The molecule has 0 atom stereocenters. The number of carbonyl (C=O) groups is 1. The first-order chi connectivity index (χ1) is 6.66. The first-order valence-corrected chi connectivity index (χ1v) is 4.59. The second-order valence-electron chi connectivity index (χ2n) is 3.50. The molecule has 1 aliphatic rings. The molecule has 1 aromatic heterocycles. The van der Waals surface area contributed by atoms with Gasteiger partial charge in [0.1, 0.15) is 0 Å². The molecule has 1 amide bonds. The van der Waals surface area contributed by atoms with Crippen LogP contribution < -0.4 is 0 Å². The molecule has 1 N–H and O–H groups in total. The summed E-state index contributed by atoms with van der Waals surface area (Å²) >= 11 is 0. The van der Waals surface area contributed by atoms with Gasteiger partial charge in [-0.15, -0.1) is 0 Å². The second-order valence-corrected chi connectivity index (χ2v) is 3.50. The van der Waals surface area contributed by atoms with E-state index in [1.165, 1.54) is 0 Å². The summed E-state index contributed by atoms with van der Waals surface area (Å²) in [6, 6.07) is 1.67. The zero-order chi connectivity index (χ0) is 10.1. The molecule has 2 heterocycles. The summed E-state index contributed by atoms with van der Waals surface area (Å²) in [5.74, 6) is 0.142. The highest BCUT2D eigenvalue weighted by Gasteiger charge is 2.18. The quantitative estimate of drug-likeness (QED) is 0.658. The highest BCUT2D eigenvalue weighted by Crippen LogP contribution is 2.20. The number of fused-ring (bicyclic) bond motifs is 1. The molecule has 0 aromatic carbocycles. The van der Waals surface area contributed by atoms with Crippen LogP contribution in [0.3, 0.4) is 0 Å². The van der Waals surface area contributed by atoms with E-state index in [9.17, 15) is 9.90 Å². The van der Waals surface area contributed by atoms with Crippen molar-refractivity contribution in [2.75, 3.05) is 6.54 Å². The van der Waals surface area contributed by atoms with E-state index >= 15 is 0 Å². The summed E-state index contributed by atoms with van der Waals surface area (Å²) in [5.41, 5.74) is 2.12. The van der Waals surface area contributed by atoms with Crippen LogP contribution in [0.15, 0.2) is 12.3 Å². The van der Waals surface area contributed by atoms with Crippen LogP contribution in [0.25, 0.3) is 0 Å². The molecule has 4 nitrogen and oxygen atoms in total. The first kappa shape index (κ1) is 8.99. The first-order valence-electron chi connectivity index (χ1n) is 4.59. The normalized spacial score (nSPS) is 15.1. The molecule has 0 saturated heterocycles. The minimum atomic E-state index is 0.0556. The number of pyridine rings is 1. The van der Waals surface area contributed by atoms with Crippen molar-refractivity contribution in [1.29, 1.82) is 0 Å². The lowest BCUT2D eigenvalue weighted by Gasteiger charge is -2.27. The summed E-state index contributed by atoms with van der Waals surface area (Å²) in [6.45, 7) is 2.91. The van der Waals surface area contributed by atoms with Crippen LogP contribution in [0.1, 0.15) is 18.1 Å². The van der Waals surface area contributed by atoms with E-state index in [1.54, 1.807) is 24.1 Å². The van der Waals surface area contributed by atoms with Crippen molar-refractivity contribution in [2.45, 2.75) is 19.9 Å². The summed E-state index contributed by atoms with van der Waals surface area (Å²) in [5, 5.41) is 9.17. The molecule has 2 rings (SSSR count). The Labute approximate surface area is 82.2 Å². The van der Waals surface area contributed by atoms with Crippen molar-refractivity contribution in [3.63, 3.8) is 0 Å². The van der Waals surface area contributed by atoms with Crippen molar-refractivity contribution < 1.29 is 9.90 Å². The third kappa shape index (κ3) is 1.55. The molecule has 0 fully saturated rings. The van der Waals surface area contributed by atoms with Crippen LogP contribution in [-0.2, 0) is 17.8 Å². The Kier molecular flexibility index (Phi) is 2.11. The highest BCUT2D eigenvalue weighted by molar-refractivity contribution is 5.73. The van der Waals surface area contributed by atoms with Crippen molar-refractivity contribution in [3.8, 4) is 5.88 Å². The van der Waals surface area contributed by atoms with Gasteiger partial charge in [-0.2, -0.15) is 0 Å². The maximum atomic E-state index is 11.1. The molecule has 0 aliphatic carbocycles. The number of hydrogen-bond acceptors (Lipinski definition) is 3. The molecule has 0 radical (unpaired) electrons. The fraction of sp³-hybridized carbons (Fsp3) is 0.400. The second kappa shape index (κ2) is 3.29. The van der Waals surface area contributed by atoms with E-state index in [0.29, 0.717) is 6.54 Å². The predicted molar refractivity (Wildman–Crippen MR) is 50.7 cm³/mol. The Balaban J connectivity index is 2.27. The van der Waals surface area contributed by atoms with Crippen LogP contribution in [0, 0.1) is 0 Å². The topological polar surface area (TPSA) is 53.4 Å². The molecular formula is C10H12N2O2. The fourth-order valence-electron chi connectivity index (χ4n) is 1.70. The number of carbonyl (C=O) groups excluding carboxylic acids is 1. The SMILES string of the molecule is CC(=O)N1CCc2cc(O)ncc2C1. The number of aromatic hydroxyl groups is 1. The van der Waals surface area contributed by atoms with E-state index in [4.69, 9.17) is 0 Å². The van der Waals surface area contributed by atoms with Gasteiger partial charge in [-0.3, -0.25) is 4.79 Å². The molecule has 14 heavy (non-hydrogen) atoms. The third-order valence-electron chi connectivity index (χ3n) is 2.53. The van der Waals surface area contributed by atoms with E-state index in [1.807, 2.05) is 0 Å². The van der Waals surface area contributed by atoms with Crippen LogP contribution in [0.4, 0.5) is 0 Å². The minimum Gasteiger partial charge on any atom is -0.493 e. The summed E-state index contributed by atoms with van der Waals surface area (Å²) in [4.78, 5) is 16.7. The number of amides is 1. The molecule has 1 aromatic rings. The van der Waals surface area contributed by atoms with Gasteiger partial charge in [0.25, 0.3) is 0 Å². The fourth-order valence-corrected chi connectivity index (χ4v) is 1.70. The molecule has 4 heteroatoms. The summed E-state index contributed by atoms with van der Waals surface area (Å²) in [6.07, 6.45) is 2.44. The monoisotopic (exact) mass is 192 g/mol. The Morgan fingerprint density at radius 2 is 2.36 bits per heavy atom. The lowest BCUT2D eigenvalue weighted by molar-refractivity contribution is -0.129. The average Bonchev–Trinajstić information content (AvgIpc) is 2.16. The zero-order valence-electron chi connectivity index (χ0n) is 8.03. The average molecular weight is 192 g/mol. The lowest BCUT2D eigenvalue weighted by Crippen LogP contribution is -2.34. The Bertz CT molecular complexity index is 376. The molecule has 0 saturated carbocycles. The molecule has 0 bridgehead atoms. The van der Waals surface area contributed by atoms with Crippen LogP contribution in [-0.4, -0.2) is 27.4 Å². The van der Waals surface area contributed by atoms with Gasteiger partial charge in [-0.25, -0.2) is 4.98 Å². The molecule has 0 unspecified atom stereocenters. The third-order valence-corrected chi connectivity index (χ3v) is 2.53. The lowest BCUT2D eigenvalue weighted by atomic mass is 10.0. The molecule has 74 valence electrons. The molecular weight excluding hydrogens is 180 g/mol. The standard InChI is InChI=1S/C10H12N2O2/c1-7(13)12-3-2-8-4-10(14)11-5-9(8)6-12/h4-5H,2-3,6H2,1H3,(H,11,14). The number of aromatic nitrogens is 1. The maximum Gasteiger partial charge on any atom is 0.219 e. The minimum absolute atomic E-state index is 0.0556. The van der Waals surface area contributed by atoms with E-state index < -0.39 is 0 Å². The van der Waals surface area contributed by atoms with Gasteiger partial charge in [-0.05, 0) is 17.5 Å². The van der Waals surface area contributed by atoms with Gasteiger partial charge in [0.05, 0.1) is 0 Å². The van der Waals surface area contributed by atoms with Gasteiger partial charge >= 0.3 is 0 Å². The van der Waals surface area contributed by atoms with Gasteiger partial charge in [0.2, 0.25) is 11.8 Å². The van der Waals surface area contributed by atoms with Crippen LogP contribution >= 0.6 is 0 Å². The summed E-state index contributed by atoms with van der Waals surface area (Å²) in [7, 11) is 0. The Morgan fingerprint density at radius 3 is 3.07 bits per heavy atom. The largest absolute Gasteiger partial charge is 0.493 e. The smallest absolute Gasteiger partial charge is 0.219 e. The van der Waals surface area contributed by atoms with Crippen LogP contribution in [0.5, 0.6) is 5.88 Å². The number of hydrogen-bond donors (Lipinski definition) is 1.